The molecule has 1 heterocycles. The number of carbonyl (C=O) groups is 1. The van der Waals surface area contributed by atoms with E-state index in [4.69, 9.17) is 0 Å². The van der Waals surface area contributed by atoms with Gasteiger partial charge in [-0.1, -0.05) is 42.0 Å². The van der Waals surface area contributed by atoms with Gasteiger partial charge < -0.3 is 5.32 Å². The fourth-order valence-electron chi connectivity index (χ4n) is 3.58. The molecule has 0 bridgehead atoms. The van der Waals surface area contributed by atoms with E-state index in [0.717, 1.165) is 17.7 Å². The third-order valence-electron chi connectivity index (χ3n) is 5.85. The predicted molar refractivity (Wildman–Crippen MR) is 132 cm³/mol. The first kappa shape index (κ1) is 28.3. The molecule has 2 aromatic carbocycles. The Morgan fingerprint density at radius 1 is 1.03 bits per heavy atom. The normalized spacial score (nSPS) is 12.8. The van der Waals surface area contributed by atoms with E-state index in [0.29, 0.717) is 16.7 Å². The summed E-state index contributed by atoms with van der Waals surface area (Å²) in [6, 6.07) is 13.1. The lowest BCUT2D eigenvalue weighted by molar-refractivity contribution is -0.141. The first-order valence-corrected chi connectivity index (χ1v) is 13.1. The molecule has 1 unspecified atom stereocenters. The van der Waals surface area contributed by atoms with Crippen molar-refractivity contribution in [1.29, 1.82) is 0 Å². The van der Waals surface area contributed by atoms with Gasteiger partial charge in [-0.25, -0.2) is 22.5 Å². The van der Waals surface area contributed by atoms with Crippen molar-refractivity contribution in [2.45, 2.75) is 46.0 Å². The SMILES string of the molecule is CCS(=O)(=O)NCc1ccc(C(C)C(=O)NCc2ccc(C(F)(F)F)nc2-c2cccc(C)c2)cc1F. The maximum Gasteiger partial charge on any atom is 0.433 e. The third kappa shape index (κ3) is 7.36. The Morgan fingerprint density at radius 2 is 1.73 bits per heavy atom. The van der Waals surface area contributed by atoms with Crippen molar-refractivity contribution in [3.05, 3.63) is 88.4 Å². The summed E-state index contributed by atoms with van der Waals surface area (Å²) in [6.07, 6.45) is -4.62. The van der Waals surface area contributed by atoms with Crippen molar-refractivity contribution in [1.82, 2.24) is 15.0 Å². The van der Waals surface area contributed by atoms with Crippen molar-refractivity contribution in [3.63, 3.8) is 0 Å². The predicted octanol–water partition coefficient (Wildman–Crippen LogP) is 5.07. The van der Waals surface area contributed by atoms with Crippen LogP contribution in [0.25, 0.3) is 11.3 Å². The number of hydrogen-bond acceptors (Lipinski definition) is 4. The highest BCUT2D eigenvalue weighted by Gasteiger charge is 2.33. The lowest BCUT2D eigenvalue weighted by Gasteiger charge is -2.16. The van der Waals surface area contributed by atoms with E-state index < -0.39 is 39.5 Å². The number of carbonyl (C=O) groups excluding carboxylic acids is 1. The molecule has 1 aromatic heterocycles. The van der Waals surface area contributed by atoms with Crippen LogP contribution in [-0.4, -0.2) is 25.1 Å². The van der Waals surface area contributed by atoms with Crippen molar-refractivity contribution in [2.24, 2.45) is 0 Å². The zero-order valence-electron chi connectivity index (χ0n) is 20.5. The van der Waals surface area contributed by atoms with Crippen molar-refractivity contribution < 1.29 is 30.8 Å². The van der Waals surface area contributed by atoms with E-state index in [1.807, 2.05) is 13.0 Å². The molecule has 0 radical (unpaired) electrons. The molecule has 6 nitrogen and oxygen atoms in total. The van der Waals surface area contributed by atoms with E-state index >= 15 is 0 Å². The molecule has 1 atom stereocenters. The minimum Gasteiger partial charge on any atom is -0.351 e. The Kier molecular flexibility index (Phi) is 8.70. The molecule has 0 saturated carbocycles. The summed E-state index contributed by atoms with van der Waals surface area (Å²) in [6.45, 7) is 4.54. The van der Waals surface area contributed by atoms with Crippen LogP contribution >= 0.6 is 0 Å². The fourth-order valence-corrected chi connectivity index (χ4v) is 4.16. The number of nitrogens with zero attached hydrogens (tertiary/aromatic N) is 1. The van der Waals surface area contributed by atoms with Crippen molar-refractivity contribution in [3.8, 4) is 11.3 Å². The number of rotatable bonds is 9. The van der Waals surface area contributed by atoms with Gasteiger partial charge in [-0.15, -0.1) is 0 Å². The highest BCUT2D eigenvalue weighted by molar-refractivity contribution is 7.89. The molecular weight excluding hydrogens is 510 g/mol. The zero-order valence-corrected chi connectivity index (χ0v) is 21.3. The summed E-state index contributed by atoms with van der Waals surface area (Å²) in [5.41, 5.74) is 1.28. The van der Waals surface area contributed by atoms with Crippen LogP contribution < -0.4 is 10.0 Å². The van der Waals surface area contributed by atoms with Crippen LogP contribution in [0, 0.1) is 12.7 Å². The Morgan fingerprint density at radius 3 is 2.35 bits per heavy atom. The third-order valence-corrected chi connectivity index (χ3v) is 7.19. The largest absolute Gasteiger partial charge is 0.433 e. The molecule has 0 fully saturated rings. The molecule has 0 spiro atoms. The Balaban J connectivity index is 1.77. The standard InChI is InChI=1S/C26H27F4N3O3S/c1-4-37(35,36)32-15-20-9-8-18(13-22(20)27)17(3)25(34)31-14-21-10-11-23(26(28,29)30)33-24(21)19-7-5-6-16(2)12-19/h5-13,17,32H,4,14-15H2,1-3H3,(H,31,34). The summed E-state index contributed by atoms with van der Waals surface area (Å²) in [5.74, 6) is -2.04. The van der Waals surface area contributed by atoms with Gasteiger partial charge in [0.15, 0.2) is 0 Å². The number of alkyl halides is 3. The number of pyridine rings is 1. The van der Waals surface area contributed by atoms with Gasteiger partial charge in [-0.2, -0.15) is 13.2 Å². The Hall–Kier alpha value is -3.31. The second-order valence-corrected chi connectivity index (χ2v) is 10.7. The maximum absolute atomic E-state index is 14.5. The molecule has 0 aliphatic heterocycles. The van der Waals surface area contributed by atoms with Gasteiger partial charge in [0.25, 0.3) is 0 Å². The first-order valence-electron chi connectivity index (χ1n) is 11.5. The van der Waals surface area contributed by atoms with E-state index in [1.54, 1.807) is 25.1 Å². The first-order chi connectivity index (χ1) is 17.3. The van der Waals surface area contributed by atoms with E-state index in [-0.39, 0.29) is 30.1 Å². The van der Waals surface area contributed by atoms with Crippen LogP contribution in [0.3, 0.4) is 0 Å². The minimum atomic E-state index is -4.62. The summed E-state index contributed by atoms with van der Waals surface area (Å²) in [4.78, 5) is 16.6. The number of nitrogens with one attached hydrogen (secondary N) is 2. The molecule has 0 aliphatic carbocycles. The average Bonchev–Trinajstić information content (AvgIpc) is 2.85. The summed E-state index contributed by atoms with van der Waals surface area (Å²) >= 11 is 0. The van der Waals surface area contributed by atoms with Gasteiger partial charge in [-0.3, -0.25) is 4.79 Å². The van der Waals surface area contributed by atoms with Gasteiger partial charge in [0.05, 0.1) is 17.4 Å². The number of benzene rings is 2. The van der Waals surface area contributed by atoms with Gasteiger partial charge >= 0.3 is 6.18 Å². The smallest absolute Gasteiger partial charge is 0.351 e. The Bertz CT molecular complexity index is 1390. The van der Waals surface area contributed by atoms with Gasteiger partial charge in [0, 0.05) is 24.2 Å². The molecule has 198 valence electrons. The number of amides is 1. The zero-order chi connectivity index (χ0) is 27.4. The average molecular weight is 538 g/mol. The van der Waals surface area contributed by atoms with Crippen LogP contribution in [0.1, 0.15) is 47.7 Å². The highest BCUT2D eigenvalue weighted by atomic mass is 32.2. The molecule has 11 heteroatoms. The second kappa shape index (κ2) is 11.4. The van der Waals surface area contributed by atoms with Gasteiger partial charge in [-0.05, 0) is 50.1 Å². The summed E-state index contributed by atoms with van der Waals surface area (Å²) in [5, 5.41) is 2.69. The number of aromatic nitrogens is 1. The number of sulfonamides is 1. The van der Waals surface area contributed by atoms with E-state index in [2.05, 4.69) is 15.0 Å². The number of halogens is 4. The Labute approximate surface area is 213 Å². The van der Waals surface area contributed by atoms with Crippen LogP contribution in [0.5, 0.6) is 0 Å². The van der Waals surface area contributed by atoms with Gasteiger partial charge in [0.1, 0.15) is 11.5 Å². The monoisotopic (exact) mass is 537 g/mol. The summed E-state index contributed by atoms with van der Waals surface area (Å²) < 4.78 is 79.9. The highest BCUT2D eigenvalue weighted by Crippen LogP contribution is 2.31. The lowest BCUT2D eigenvalue weighted by atomic mass is 9.98. The van der Waals surface area contributed by atoms with E-state index in [9.17, 15) is 30.8 Å². The van der Waals surface area contributed by atoms with Crippen molar-refractivity contribution in [2.75, 3.05) is 5.75 Å². The molecule has 37 heavy (non-hydrogen) atoms. The van der Waals surface area contributed by atoms with Crippen LogP contribution in [-0.2, 0) is 34.1 Å². The number of hydrogen-bond donors (Lipinski definition) is 2. The molecule has 3 aromatic rings. The molecule has 0 aliphatic rings. The number of aryl methyl sites for hydroxylation is 1. The van der Waals surface area contributed by atoms with Gasteiger partial charge in [0.2, 0.25) is 15.9 Å². The second-order valence-electron chi connectivity index (χ2n) is 8.59. The molecule has 2 N–H and O–H groups in total. The van der Waals surface area contributed by atoms with E-state index in [1.165, 1.54) is 25.1 Å². The van der Waals surface area contributed by atoms with Crippen LogP contribution in [0.2, 0.25) is 0 Å². The quantitative estimate of drug-likeness (QED) is 0.373. The molecular formula is C26H27F4N3O3S. The maximum atomic E-state index is 14.5. The molecule has 1 amide bonds. The van der Waals surface area contributed by atoms with Crippen LogP contribution in [0.15, 0.2) is 54.6 Å². The van der Waals surface area contributed by atoms with Crippen molar-refractivity contribution >= 4 is 15.9 Å². The topological polar surface area (TPSA) is 88.2 Å². The molecule has 3 rings (SSSR count). The van der Waals surface area contributed by atoms with Crippen LogP contribution in [0.4, 0.5) is 17.6 Å². The summed E-state index contributed by atoms with van der Waals surface area (Å²) in [7, 11) is -3.49. The lowest BCUT2D eigenvalue weighted by Crippen LogP contribution is -2.28. The minimum absolute atomic E-state index is 0.0864. The molecule has 0 saturated heterocycles. The fraction of sp³-hybridized carbons (Fsp3) is 0.308.